The quantitative estimate of drug-likeness (QED) is 0.902. The summed E-state index contributed by atoms with van der Waals surface area (Å²) in [6, 6.07) is 11.6. The van der Waals surface area contributed by atoms with Gasteiger partial charge in [-0.3, -0.25) is 0 Å². The number of likely N-dealkylation sites (N-methyl/N-ethyl adjacent to an activating group) is 1. The molecule has 2 nitrogen and oxygen atoms in total. The van der Waals surface area contributed by atoms with E-state index < -0.39 is 0 Å². The minimum absolute atomic E-state index is 0.333. The molecule has 2 heteroatoms. The molecule has 0 aliphatic heterocycles. The van der Waals surface area contributed by atoms with Crippen molar-refractivity contribution >= 4 is 0 Å². The van der Waals surface area contributed by atoms with Crippen molar-refractivity contribution in [2.45, 2.75) is 45.2 Å². The molecule has 0 radical (unpaired) electrons. The summed E-state index contributed by atoms with van der Waals surface area (Å²) in [5, 5.41) is 0. The predicted octanol–water partition coefficient (Wildman–Crippen LogP) is 2.92. The van der Waals surface area contributed by atoms with Gasteiger partial charge in [0.25, 0.3) is 0 Å². The Morgan fingerprint density at radius 1 is 1.16 bits per heavy atom. The lowest BCUT2D eigenvalue weighted by Crippen LogP contribution is -2.53. The molecule has 1 aliphatic carbocycles. The highest BCUT2D eigenvalue weighted by Crippen LogP contribution is 2.30. The van der Waals surface area contributed by atoms with Gasteiger partial charge in [0.15, 0.2) is 0 Å². The Kier molecular flexibility index (Phi) is 5.00. The molecule has 2 rings (SSSR count). The maximum Gasteiger partial charge on any atom is 0.0270 e. The molecule has 1 aromatic rings. The van der Waals surface area contributed by atoms with Crippen molar-refractivity contribution in [1.82, 2.24) is 4.90 Å². The summed E-state index contributed by atoms with van der Waals surface area (Å²) in [6.45, 7) is 5.79. The minimum Gasteiger partial charge on any atom is -0.326 e. The lowest BCUT2D eigenvalue weighted by molar-refractivity contribution is 0.0973. The SMILES string of the molecule is CC1CC(C)C(N(C)CCc2ccccc2)C(N)C1. The Balaban J connectivity index is 1.90. The third kappa shape index (κ3) is 3.80. The van der Waals surface area contributed by atoms with E-state index in [2.05, 4.69) is 56.1 Å². The van der Waals surface area contributed by atoms with Crippen LogP contribution in [0.15, 0.2) is 30.3 Å². The Morgan fingerprint density at radius 2 is 1.84 bits per heavy atom. The van der Waals surface area contributed by atoms with E-state index in [4.69, 9.17) is 5.73 Å². The van der Waals surface area contributed by atoms with Gasteiger partial charge in [-0.25, -0.2) is 0 Å². The van der Waals surface area contributed by atoms with Gasteiger partial charge in [0.05, 0.1) is 0 Å². The molecule has 1 saturated carbocycles. The van der Waals surface area contributed by atoms with Crippen LogP contribution < -0.4 is 5.73 Å². The fourth-order valence-corrected chi connectivity index (χ4v) is 3.76. The standard InChI is InChI=1S/C17H28N2/c1-13-11-14(2)17(16(18)12-13)19(3)10-9-15-7-5-4-6-8-15/h4-8,13-14,16-17H,9-12,18H2,1-3H3. The molecule has 0 amide bonds. The molecule has 19 heavy (non-hydrogen) atoms. The molecule has 1 aromatic carbocycles. The summed E-state index contributed by atoms with van der Waals surface area (Å²) < 4.78 is 0. The molecule has 2 N–H and O–H groups in total. The van der Waals surface area contributed by atoms with Gasteiger partial charge < -0.3 is 10.6 Å². The lowest BCUT2D eigenvalue weighted by atomic mass is 9.76. The van der Waals surface area contributed by atoms with Crippen molar-refractivity contribution in [2.24, 2.45) is 17.6 Å². The Labute approximate surface area is 118 Å². The van der Waals surface area contributed by atoms with Crippen molar-refractivity contribution in [1.29, 1.82) is 0 Å². The van der Waals surface area contributed by atoms with Crippen molar-refractivity contribution in [2.75, 3.05) is 13.6 Å². The van der Waals surface area contributed by atoms with E-state index in [1.54, 1.807) is 0 Å². The topological polar surface area (TPSA) is 29.3 Å². The molecule has 4 atom stereocenters. The first-order valence-corrected chi connectivity index (χ1v) is 7.57. The summed E-state index contributed by atoms with van der Waals surface area (Å²) in [7, 11) is 2.24. The summed E-state index contributed by atoms with van der Waals surface area (Å²) in [4.78, 5) is 2.48. The summed E-state index contributed by atoms with van der Waals surface area (Å²) in [5.41, 5.74) is 7.80. The second-order valence-electron chi connectivity index (χ2n) is 6.42. The van der Waals surface area contributed by atoms with Crippen LogP contribution in [0.2, 0.25) is 0 Å². The minimum atomic E-state index is 0.333. The van der Waals surface area contributed by atoms with E-state index in [1.807, 2.05) is 0 Å². The fourth-order valence-electron chi connectivity index (χ4n) is 3.76. The van der Waals surface area contributed by atoms with E-state index >= 15 is 0 Å². The maximum atomic E-state index is 6.39. The van der Waals surface area contributed by atoms with E-state index in [1.165, 1.54) is 18.4 Å². The van der Waals surface area contributed by atoms with Gasteiger partial charge in [-0.1, -0.05) is 44.2 Å². The summed E-state index contributed by atoms with van der Waals surface area (Å²) in [6.07, 6.45) is 3.60. The zero-order valence-corrected chi connectivity index (χ0v) is 12.5. The fraction of sp³-hybridized carbons (Fsp3) is 0.647. The molecule has 1 aliphatic rings. The number of benzene rings is 1. The number of nitrogens with zero attached hydrogens (tertiary/aromatic N) is 1. The molecular weight excluding hydrogens is 232 g/mol. The van der Waals surface area contributed by atoms with Gasteiger partial charge in [0, 0.05) is 18.6 Å². The van der Waals surface area contributed by atoms with Crippen LogP contribution in [0.25, 0.3) is 0 Å². The molecule has 0 heterocycles. The zero-order valence-electron chi connectivity index (χ0n) is 12.5. The van der Waals surface area contributed by atoms with Crippen LogP contribution in [0.5, 0.6) is 0 Å². The van der Waals surface area contributed by atoms with Gasteiger partial charge in [0.1, 0.15) is 0 Å². The molecule has 4 unspecified atom stereocenters. The molecular formula is C17H28N2. The third-order valence-corrected chi connectivity index (χ3v) is 4.58. The van der Waals surface area contributed by atoms with Crippen LogP contribution in [-0.2, 0) is 6.42 Å². The summed E-state index contributed by atoms with van der Waals surface area (Å²) >= 11 is 0. The summed E-state index contributed by atoms with van der Waals surface area (Å²) in [5.74, 6) is 1.49. The molecule has 0 aromatic heterocycles. The normalized spacial score (nSPS) is 31.6. The van der Waals surface area contributed by atoms with Crippen molar-refractivity contribution in [3.63, 3.8) is 0 Å². The Morgan fingerprint density at radius 3 is 2.47 bits per heavy atom. The van der Waals surface area contributed by atoms with Crippen molar-refractivity contribution in [3.8, 4) is 0 Å². The smallest absolute Gasteiger partial charge is 0.0270 e. The highest BCUT2D eigenvalue weighted by atomic mass is 15.1. The number of hydrogen-bond acceptors (Lipinski definition) is 2. The van der Waals surface area contributed by atoms with E-state index in [0.717, 1.165) is 18.9 Å². The highest BCUT2D eigenvalue weighted by Gasteiger charge is 2.33. The van der Waals surface area contributed by atoms with Gasteiger partial charge >= 0.3 is 0 Å². The van der Waals surface area contributed by atoms with Crippen LogP contribution in [-0.4, -0.2) is 30.6 Å². The van der Waals surface area contributed by atoms with Gasteiger partial charge in [-0.15, -0.1) is 0 Å². The Hall–Kier alpha value is -0.860. The molecule has 0 spiro atoms. The van der Waals surface area contributed by atoms with Crippen LogP contribution >= 0.6 is 0 Å². The lowest BCUT2D eigenvalue weighted by Gasteiger charge is -2.43. The second kappa shape index (κ2) is 6.53. The molecule has 1 fully saturated rings. The van der Waals surface area contributed by atoms with Gasteiger partial charge in [0.2, 0.25) is 0 Å². The van der Waals surface area contributed by atoms with Gasteiger partial charge in [-0.2, -0.15) is 0 Å². The molecule has 0 bridgehead atoms. The zero-order chi connectivity index (χ0) is 13.8. The monoisotopic (exact) mass is 260 g/mol. The van der Waals surface area contributed by atoms with Crippen molar-refractivity contribution in [3.05, 3.63) is 35.9 Å². The van der Waals surface area contributed by atoms with E-state index in [9.17, 15) is 0 Å². The largest absolute Gasteiger partial charge is 0.326 e. The number of hydrogen-bond donors (Lipinski definition) is 1. The first-order chi connectivity index (χ1) is 9.08. The van der Waals surface area contributed by atoms with Crippen molar-refractivity contribution < 1.29 is 0 Å². The number of nitrogens with two attached hydrogens (primary N) is 1. The molecule has 0 saturated heterocycles. The first-order valence-electron chi connectivity index (χ1n) is 7.57. The predicted molar refractivity (Wildman–Crippen MR) is 82.1 cm³/mol. The van der Waals surface area contributed by atoms with Crippen LogP contribution in [0, 0.1) is 11.8 Å². The highest BCUT2D eigenvalue weighted by molar-refractivity contribution is 5.15. The van der Waals surface area contributed by atoms with Gasteiger partial charge in [-0.05, 0) is 43.7 Å². The molecule has 106 valence electrons. The average molecular weight is 260 g/mol. The third-order valence-electron chi connectivity index (χ3n) is 4.58. The van der Waals surface area contributed by atoms with E-state index in [-0.39, 0.29) is 0 Å². The van der Waals surface area contributed by atoms with Crippen LogP contribution in [0.1, 0.15) is 32.3 Å². The maximum absolute atomic E-state index is 6.39. The Bertz CT molecular complexity index is 364. The second-order valence-corrected chi connectivity index (χ2v) is 6.42. The van der Waals surface area contributed by atoms with Crippen LogP contribution in [0.3, 0.4) is 0 Å². The first kappa shape index (κ1) is 14.5. The number of rotatable bonds is 4. The van der Waals surface area contributed by atoms with E-state index in [0.29, 0.717) is 18.0 Å². The average Bonchev–Trinajstić information content (AvgIpc) is 2.36. The van der Waals surface area contributed by atoms with Crippen LogP contribution in [0.4, 0.5) is 0 Å².